The molecule has 0 fully saturated rings. The molecule has 0 aliphatic heterocycles. The van der Waals surface area contributed by atoms with E-state index in [2.05, 4.69) is 17.1 Å². The number of hydrogen-bond donors (Lipinski definition) is 0. The fourth-order valence-corrected chi connectivity index (χ4v) is 2.11. The highest BCUT2D eigenvalue weighted by Crippen LogP contribution is 2.17. The number of rotatable bonds is 5. The molecular weight excluding hydrogens is 310 g/mol. The Balaban J connectivity index is 1.66. The third kappa shape index (κ3) is 3.40. The van der Waals surface area contributed by atoms with Crippen LogP contribution in [0.2, 0.25) is 0 Å². The van der Waals surface area contributed by atoms with Crippen molar-refractivity contribution in [3.63, 3.8) is 0 Å². The van der Waals surface area contributed by atoms with E-state index in [1.165, 1.54) is 23.9 Å². The van der Waals surface area contributed by atoms with E-state index >= 15 is 0 Å². The van der Waals surface area contributed by atoms with Gasteiger partial charge in [-0.05, 0) is 18.1 Å². The van der Waals surface area contributed by atoms with E-state index in [-0.39, 0.29) is 18.2 Å². The van der Waals surface area contributed by atoms with Crippen LogP contribution in [0.3, 0.4) is 0 Å². The number of pyridine rings is 1. The van der Waals surface area contributed by atoms with Gasteiger partial charge in [-0.15, -0.1) is 0 Å². The van der Waals surface area contributed by atoms with Crippen LogP contribution in [0.5, 0.6) is 0 Å². The van der Waals surface area contributed by atoms with Gasteiger partial charge in [0.15, 0.2) is 12.8 Å². The van der Waals surface area contributed by atoms with Gasteiger partial charge in [0.1, 0.15) is 0 Å². The van der Waals surface area contributed by atoms with Crippen molar-refractivity contribution in [2.75, 3.05) is 0 Å². The van der Waals surface area contributed by atoms with Gasteiger partial charge < -0.3 is 14.5 Å². The first-order valence-corrected chi connectivity index (χ1v) is 7.44. The molecule has 7 heteroatoms. The molecule has 3 rings (SSSR count). The van der Waals surface area contributed by atoms with Gasteiger partial charge in [0.2, 0.25) is 5.82 Å². The fraction of sp³-hybridized carbons (Fsp3) is 0.176. The summed E-state index contributed by atoms with van der Waals surface area (Å²) in [4.78, 5) is 16.0. The minimum atomic E-state index is -0.752. The smallest absolute Gasteiger partial charge is 0.405 e. The van der Waals surface area contributed by atoms with Gasteiger partial charge in [-0.25, -0.2) is 4.79 Å². The zero-order valence-electron chi connectivity index (χ0n) is 13.0. The number of aromatic nitrogens is 3. The Kier molecular flexibility index (Phi) is 4.51. The van der Waals surface area contributed by atoms with Crippen molar-refractivity contribution in [3.8, 4) is 11.4 Å². The Labute approximate surface area is 138 Å². The molecule has 122 valence electrons. The SMILES string of the molecule is CCc1ccc(-c2noc(COC(=O)c3cccc[n+]3[O-])n2)cc1. The van der Waals surface area contributed by atoms with Crippen LogP contribution in [-0.4, -0.2) is 16.1 Å². The highest BCUT2D eigenvalue weighted by atomic mass is 16.6. The van der Waals surface area contributed by atoms with E-state index in [9.17, 15) is 10.0 Å². The van der Waals surface area contributed by atoms with Crippen molar-refractivity contribution in [1.29, 1.82) is 0 Å². The lowest BCUT2D eigenvalue weighted by Crippen LogP contribution is -2.34. The second-order valence-corrected chi connectivity index (χ2v) is 5.05. The summed E-state index contributed by atoms with van der Waals surface area (Å²) in [6.45, 7) is 1.88. The molecular formula is C17H15N3O4. The predicted octanol–water partition coefficient (Wildman–Crippen LogP) is 2.29. The first-order chi connectivity index (χ1) is 11.7. The van der Waals surface area contributed by atoms with E-state index < -0.39 is 5.97 Å². The molecule has 0 aliphatic rings. The third-order valence-electron chi connectivity index (χ3n) is 3.45. The lowest BCUT2D eigenvalue weighted by atomic mass is 10.1. The predicted molar refractivity (Wildman–Crippen MR) is 83.6 cm³/mol. The van der Waals surface area contributed by atoms with Gasteiger partial charge in [0, 0.05) is 17.7 Å². The molecule has 7 nitrogen and oxygen atoms in total. The molecule has 0 radical (unpaired) electrons. The maximum Gasteiger partial charge on any atom is 0.405 e. The molecule has 0 amide bonds. The Morgan fingerprint density at radius 3 is 2.75 bits per heavy atom. The monoisotopic (exact) mass is 325 g/mol. The van der Waals surface area contributed by atoms with Crippen LogP contribution < -0.4 is 4.73 Å². The maximum absolute atomic E-state index is 11.9. The second kappa shape index (κ2) is 6.91. The van der Waals surface area contributed by atoms with Crippen LogP contribution in [0.15, 0.2) is 53.2 Å². The number of aryl methyl sites for hydroxylation is 1. The Hall–Kier alpha value is -3.22. The van der Waals surface area contributed by atoms with Gasteiger partial charge in [-0.2, -0.15) is 9.71 Å². The number of benzene rings is 1. The molecule has 2 aromatic heterocycles. The van der Waals surface area contributed by atoms with Crippen LogP contribution in [-0.2, 0) is 17.8 Å². The van der Waals surface area contributed by atoms with Gasteiger partial charge >= 0.3 is 11.7 Å². The zero-order valence-corrected chi connectivity index (χ0v) is 13.0. The summed E-state index contributed by atoms with van der Waals surface area (Å²) in [7, 11) is 0. The lowest BCUT2D eigenvalue weighted by molar-refractivity contribution is -0.608. The molecule has 0 aliphatic carbocycles. The summed E-state index contributed by atoms with van der Waals surface area (Å²) in [5.74, 6) is -0.175. The van der Waals surface area contributed by atoms with Crippen LogP contribution in [0.4, 0.5) is 0 Å². The number of ether oxygens (including phenoxy) is 1. The summed E-state index contributed by atoms with van der Waals surface area (Å²) in [6.07, 6.45) is 2.17. The fourth-order valence-electron chi connectivity index (χ4n) is 2.11. The van der Waals surface area contributed by atoms with Crippen molar-refractivity contribution < 1.29 is 18.8 Å². The quantitative estimate of drug-likeness (QED) is 0.406. The summed E-state index contributed by atoms with van der Waals surface area (Å²) >= 11 is 0. The zero-order chi connectivity index (χ0) is 16.9. The van der Waals surface area contributed by atoms with Crippen molar-refractivity contribution in [2.24, 2.45) is 0 Å². The first-order valence-electron chi connectivity index (χ1n) is 7.44. The largest absolute Gasteiger partial charge is 0.618 e. The van der Waals surface area contributed by atoms with Gasteiger partial charge in [-0.1, -0.05) is 36.3 Å². The molecule has 0 saturated carbocycles. The van der Waals surface area contributed by atoms with Crippen LogP contribution in [0.1, 0.15) is 28.9 Å². The van der Waals surface area contributed by atoms with Gasteiger partial charge in [0.05, 0.1) is 0 Å². The number of carbonyl (C=O) groups is 1. The molecule has 2 heterocycles. The third-order valence-corrected chi connectivity index (χ3v) is 3.45. The lowest BCUT2D eigenvalue weighted by Gasteiger charge is -2.02. The second-order valence-electron chi connectivity index (χ2n) is 5.05. The summed E-state index contributed by atoms with van der Waals surface area (Å²) in [6, 6.07) is 12.3. The standard InChI is InChI=1S/C17H15N3O4/c1-2-12-6-8-13(9-7-12)16-18-15(24-19-16)11-23-17(21)14-5-3-4-10-20(14)22/h3-10H,2,11H2,1H3. The topological polar surface area (TPSA) is 92.2 Å². The normalized spacial score (nSPS) is 10.5. The van der Waals surface area contributed by atoms with E-state index in [0.29, 0.717) is 10.6 Å². The number of carbonyl (C=O) groups excluding carboxylic acids is 1. The van der Waals surface area contributed by atoms with E-state index in [4.69, 9.17) is 9.26 Å². The Bertz CT molecular complexity index is 843. The highest BCUT2D eigenvalue weighted by Gasteiger charge is 2.18. The van der Waals surface area contributed by atoms with Crippen molar-refractivity contribution >= 4 is 5.97 Å². The van der Waals surface area contributed by atoms with E-state index in [1.807, 2.05) is 24.3 Å². The van der Waals surface area contributed by atoms with Crippen LogP contribution in [0, 0.1) is 5.21 Å². The number of esters is 1. The summed E-state index contributed by atoms with van der Waals surface area (Å²) in [5.41, 5.74) is 1.92. The Morgan fingerprint density at radius 1 is 1.25 bits per heavy atom. The molecule has 1 aromatic carbocycles. The summed E-state index contributed by atoms with van der Waals surface area (Å²) in [5, 5.41) is 15.3. The average molecular weight is 325 g/mol. The maximum atomic E-state index is 11.9. The van der Waals surface area contributed by atoms with E-state index in [1.54, 1.807) is 6.07 Å². The molecule has 3 aromatic rings. The van der Waals surface area contributed by atoms with E-state index in [0.717, 1.165) is 12.0 Å². The van der Waals surface area contributed by atoms with Crippen molar-refractivity contribution in [3.05, 3.63) is 71.0 Å². The molecule has 24 heavy (non-hydrogen) atoms. The minimum Gasteiger partial charge on any atom is -0.618 e. The highest BCUT2D eigenvalue weighted by molar-refractivity contribution is 5.85. The van der Waals surface area contributed by atoms with Crippen LogP contribution >= 0.6 is 0 Å². The molecule has 0 atom stereocenters. The number of nitrogens with zero attached hydrogens (tertiary/aromatic N) is 3. The molecule has 0 N–H and O–H groups in total. The minimum absolute atomic E-state index is 0.104. The molecule has 0 bridgehead atoms. The van der Waals surface area contributed by atoms with Crippen molar-refractivity contribution in [1.82, 2.24) is 10.1 Å². The van der Waals surface area contributed by atoms with Crippen molar-refractivity contribution in [2.45, 2.75) is 20.0 Å². The molecule has 0 saturated heterocycles. The summed E-state index contributed by atoms with van der Waals surface area (Å²) < 4.78 is 10.5. The number of hydrogen-bond acceptors (Lipinski definition) is 6. The van der Waals surface area contributed by atoms with Crippen LogP contribution in [0.25, 0.3) is 11.4 Å². The van der Waals surface area contributed by atoms with Gasteiger partial charge in [0.25, 0.3) is 5.89 Å². The first kappa shape index (κ1) is 15.7. The Morgan fingerprint density at radius 2 is 2.04 bits per heavy atom. The average Bonchev–Trinajstić information content (AvgIpc) is 3.09. The molecule has 0 unspecified atom stereocenters. The van der Waals surface area contributed by atoms with Gasteiger partial charge in [-0.3, -0.25) is 0 Å². The molecule has 0 spiro atoms.